The van der Waals surface area contributed by atoms with Gasteiger partial charge in [0.15, 0.2) is 0 Å². The summed E-state index contributed by atoms with van der Waals surface area (Å²) in [6.45, 7) is 0. The SMILES string of the molecule is COC(=O)CCc1nc2cc(NC(=O)c3ccccc3)ccc2s1. The Morgan fingerprint density at radius 1 is 1.17 bits per heavy atom. The van der Waals surface area contributed by atoms with Gasteiger partial charge in [-0.1, -0.05) is 18.2 Å². The zero-order valence-corrected chi connectivity index (χ0v) is 13.9. The van der Waals surface area contributed by atoms with E-state index in [2.05, 4.69) is 15.0 Å². The molecule has 5 nitrogen and oxygen atoms in total. The van der Waals surface area contributed by atoms with Crippen molar-refractivity contribution in [3.8, 4) is 0 Å². The highest BCUT2D eigenvalue weighted by Gasteiger charge is 2.09. The first-order valence-electron chi connectivity index (χ1n) is 7.48. The molecule has 1 N–H and O–H groups in total. The second kappa shape index (κ2) is 7.23. The van der Waals surface area contributed by atoms with Gasteiger partial charge in [0.05, 0.1) is 28.8 Å². The number of amides is 1. The first kappa shape index (κ1) is 16.1. The first-order chi connectivity index (χ1) is 11.7. The molecular formula is C18H16N2O3S. The van der Waals surface area contributed by atoms with Crippen molar-refractivity contribution in [1.29, 1.82) is 0 Å². The van der Waals surface area contributed by atoms with Gasteiger partial charge in [-0.15, -0.1) is 11.3 Å². The van der Waals surface area contributed by atoms with Crippen LogP contribution in [0.15, 0.2) is 48.5 Å². The quantitative estimate of drug-likeness (QED) is 0.720. The van der Waals surface area contributed by atoms with Gasteiger partial charge in [0.25, 0.3) is 5.91 Å². The molecule has 0 bridgehead atoms. The van der Waals surface area contributed by atoms with E-state index in [0.717, 1.165) is 15.2 Å². The normalized spacial score (nSPS) is 10.5. The zero-order valence-electron chi connectivity index (χ0n) is 13.1. The number of rotatable bonds is 5. The van der Waals surface area contributed by atoms with E-state index < -0.39 is 0 Å². The predicted octanol–water partition coefficient (Wildman–Crippen LogP) is 3.65. The van der Waals surface area contributed by atoms with E-state index >= 15 is 0 Å². The lowest BCUT2D eigenvalue weighted by atomic mass is 10.2. The average Bonchev–Trinajstić information content (AvgIpc) is 3.02. The van der Waals surface area contributed by atoms with Crippen LogP contribution in [0, 0.1) is 0 Å². The number of aromatic nitrogens is 1. The van der Waals surface area contributed by atoms with E-state index in [9.17, 15) is 9.59 Å². The number of benzene rings is 2. The van der Waals surface area contributed by atoms with Crippen molar-refractivity contribution in [2.45, 2.75) is 12.8 Å². The van der Waals surface area contributed by atoms with Crippen molar-refractivity contribution in [2.75, 3.05) is 12.4 Å². The van der Waals surface area contributed by atoms with Crippen LogP contribution in [0.3, 0.4) is 0 Å². The number of aryl methyl sites for hydroxylation is 1. The minimum atomic E-state index is -0.245. The van der Waals surface area contributed by atoms with E-state index in [1.165, 1.54) is 7.11 Å². The molecule has 0 fully saturated rings. The van der Waals surface area contributed by atoms with Crippen molar-refractivity contribution >= 4 is 39.1 Å². The van der Waals surface area contributed by atoms with Crippen LogP contribution in [-0.4, -0.2) is 24.0 Å². The molecule has 0 saturated heterocycles. The number of hydrogen-bond acceptors (Lipinski definition) is 5. The lowest BCUT2D eigenvalue weighted by Gasteiger charge is -2.04. The molecular weight excluding hydrogens is 324 g/mol. The molecule has 1 aromatic heterocycles. The number of anilines is 1. The molecule has 0 saturated carbocycles. The largest absolute Gasteiger partial charge is 0.469 e. The standard InChI is InChI=1S/C18H16N2O3S/c1-23-17(21)10-9-16-20-14-11-13(7-8-15(14)24-16)19-18(22)12-5-3-2-4-6-12/h2-8,11H,9-10H2,1H3,(H,19,22). The highest BCUT2D eigenvalue weighted by atomic mass is 32.1. The third-order valence-electron chi connectivity index (χ3n) is 3.50. The molecule has 6 heteroatoms. The minimum Gasteiger partial charge on any atom is -0.469 e. The van der Waals surface area contributed by atoms with Crippen LogP contribution in [0.2, 0.25) is 0 Å². The highest BCUT2D eigenvalue weighted by molar-refractivity contribution is 7.18. The molecule has 3 rings (SSSR count). The first-order valence-corrected chi connectivity index (χ1v) is 8.30. The Hall–Kier alpha value is -2.73. The van der Waals surface area contributed by atoms with Gasteiger partial charge in [0, 0.05) is 17.7 Å². The lowest BCUT2D eigenvalue weighted by molar-refractivity contribution is -0.140. The van der Waals surface area contributed by atoms with Crippen molar-refractivity contribution in [3.05, 3.63) is 59.1 Å². The number of methoxy groups -OCH3 is 1. The fourth-order valence-corrected chi connectivity index (χ4v) is 3.21. The summed E-state index contributed by atoms with van der Waals surface area (Å²) in [5.41, 5.74) is 2.11. The molecule has 0 radical (unpaired) electrons. The molecule has 0 spiro atoms. The van der Waals surface area contributed by atoms with Gasteiger partial charge >= 0.3 is 5.97 Å². The monoisotopic (exact) mass is 340 g/mol. The van der Waals surface area contributed by atoms with Crippen molar-refractivity contribution in [2.24, 2.45) is 0 Å². The summed E-state index contributed by atoms with van der Waals surface area (Å²) in [5, 5.41) is 3.75. The third-order valence-corrected chi connectivity index (χ3v) is 4.59. The topological polar surface area (TPSA) is 68.3 Å². The molecule has 0 aliphatic rings. The third kappa shape index (κ3) is 3.78. The van der Waals surface area contributed by atoms with E-state index in [1.807, 2.05) is 36.4 Å². The van der Waals surface area contributed by atoms with Crippen LogP contribution in [0.5, 0.6) is 0 Å². The van der Waals surface area contributed by atoms with Crippen molar-refractivity contribution in [3.63, 3.8) is 0 Å². The number of esters is 1. The molecule has 0 unspecified atom stereocenters. The Morgan fingerprint density at radius 3 is 2.71 bits per heavy atom. The predicted molar refractivity (Wildman–Crippen MR) is 94.4 cm³/mol. The maximum Gasteiger partial charge on any atom is 0.305 e. The van der Waals surface area contributed by atoms with E-state index in [0.29, 0.717) is 24.1 Å². The second-order valence-corrected chi connectivity index (χ2v) is 6.30. The Kier molecular flexibility index (Phi) is 4.86. The molecule has 3 aromatic rings. The summed E-state index contributed by atoms with van der Waals surface area (Å²) >= 11 is 1.54. The summed E-state index contributed by atoms with van der Waals surface area (Å²) in [6.07, 6.45) is 0.867. The fourth-order valence-electron chi connectivity index (χ4n) is 2.26. The number of fused-ring (bicyclic) bond motifs is 1. The van der Waals surface area contributed by atoms with Crippen LogP contribution in [0.4, 0.5) is 5.69 Å². The summed E-state index contributed by atoms with van der Waals surface area (Å²) in [7, 11) is 1.38. The maximum atomic E-state index is 12.2. The average molecular weight is 340 g/mol. The molecule has 2 aromatic carbocycles. The van der Waals surface area contributed by atoms with Gasteiger partial charge in [-0.25, -0.2) is 4.98 Å². The van der Waals surface area contributed by atoms with Gasteiger partial charge < -0.3 is 10.1 Å². The molecule has 0 atom stereocenters. The number of carbonyl (C=O) groups excluding carboxylic acids is 2. The van der Waals surface area contributed by atoms with Gasteiger partial charge in [-0.3, -0.25) is 9.59 Å². The number of nitrogens with one attached hydrogen (secondary N) is 1. The molecule has 24 heavy (non-hydrogen) atoms. The number of ether oxygens (including phenoxy) is 1. The molecule has 0 aliphatic carbocycles. The van der Waals surface area contributed by atoms with E-state index in [4.69, 9.17) is 0 Å². The Morgan fingerprint density at radius 2 is 1.96 bits per heavy atom. The number of hydrogen-bond donors (Lipinski definition) is 1. The van der Waals surface area contributed by atoms with Gasteiger partial charge in [-0.05, 0) is 30.3 Å². The van der Waals surface area contributed by atoms with E-state index in [1.54, 1.807) is 23.5 Å². The van der Waals surface area contributed by atoms with Crippen molar-refractivity contribution < 1.29 is 14.3 Å². The van der Waals surface area contributed by atoms with Crippen LogP contribution >= 0.6 is 11.3 Å². The van der Waals surface area contributed by atoms with E-state index in [-0.39, 0.29) is 11.9 Å². The Labute approximate surface area is 143 Å². The van der Waals surface area contributed by atoms with Crippen LogP contribution < -0.4 is 5.32 Å². The molecule has 1 amide bonds. The highest BCUT2D eigenvalue weighted by Crippen LogP contribution is 2.26. The fraction of sp³-hybridized carbons (Fsp3) is 0.167. The van der Waals surface area contributed by atoms with Crippen LogP contribution in [0.25, 0.3) is 10.2 Å². The Bertz CT molecular complexity index is 874. The van der Waals surface area contributed by atoms with Crippen LogP contribution in [-0.2, 0) is 16.0 Å². The number of nitrogens with zero attached hydrogens (tertiary/aromatic N) is 1. The second-order valence-electron chi connectivity index (χ2n) is 5.19. The smallest absolute Gasteiger partial charge is 0.305 e. The Balaban J connectivity index is 1.74. The summed E-state index contributed by atoms with van der Waals surface area (Å²) in [4.78, 5) is 27.9. The van der Waals surface area contributed by atoms with Gasteiger partial charge in [-0.2, -0.15) is 0 Å². The molecule has 0 aliphatic heterocycles. The summed E-state index contributed by atoms with van der Waals surface area (Å²) in [5.74, 6) is -0.402. The van der Waals surface area contributed by atoms with Crippen molar-refractivity contribution in [1.82, 2.24) is 4.98 Å². The van der Waals surface area contributed by atoms with Crippen LogP contribution in [0.1, 0.15) is 21.8 Å². The van der Waals surface area contributed by atoms with Gasteiger partial charge in [0.2, 0.25) is 0 Å². The molecule has 1 heterocycles. The lowest BCUT2D eigenvalue weighted by Crippen LogP contribution is -2.11. The zero-order chi connectivity index (χ0) is 16.9. The summed E-state index contributed by atoms with van der Waals surface area (Å²) < 4.78 is 5.66. The number of thiazole rings is 1. The van der Waals surface area contributed by atoms with Gasteiger partial charge in [0.1, 0.15) is 0 Å². The summed E-state index contributed by atoms with van der Waals surface area (Å²) in [6, 6.07) is 14.7. The molecule has 122 valence electrons. The number of carbonyl (C=O) groups is 2. The maximum absolute atomic E-state index is 12.2. The minimum absolute atomic E-state index is 0.156.